The second-order valence-corrected chi connectivity index (χ2v) is 3.82. The molecule has 1 heterocycles. The number of rotatable bonds is 1. The summed E-state index contributed by atoms with van der Waals surface area (Å²) in [5, 5.41) is 4.00. The summed E-state index contributed by atoms with van der Waals surface area (Å²) < 4.78 is 5.30. The molecule has 0 aliphatic heterocycles. The molecule has 1 aromatic heterocycles. The smallest absolute Gasteiger partial charge is 0.143 e. The molecule has 3 rings (SSSR count). The molecule has 2 unspecified atom stereocenters. The molecule has 2 bridgehead atoms. The van der Waals surface area contributed by atoms with Crippen LogP contribution in [0.15, 0.2) is 4.52 Å². The van der Waals surface area contributed by atoms with Gasteiger partial charge in [-0.1, -0.05) is 5.16 Å². The topological polar surface area (TPSA) is 52.0 Å². The molecule has 3 nitrogen and oxygen atoms in total. The minimum absolute atomic E-state index is 0.530. The van der Waals surface area contributed by atoms with Gasteiger partial charge in [0.15, 0.2) is 0 Å². The van der Waals surface area contributed by atoms with E-state index in [9.17, 15) is 0 Å². The average Bonchev–Trinajstić information content (AvgIpc) is 2.76. The lowest BCUT2D eigenvalue weighted by Crippen LogP contribution is -2.03. The van der Waals surface area contributed by atoms with E-state index in [2.05, 4.69) is 5.16 Å². The molecule has 2 aliphatic carbocycles. The molecule has 1 fully saturated rings. The maximum atomic E-state index is 5.58. The summed E-state index contributed by atoms with van der Waals surface area (Å²) in [6, 6.07) is 0. The van der Waals surface area contributed by atoms with Crippen LogP contribution in [-0.2, 0) is 6.54 Å². The summed E-state index contributed by atoms with van der Waals surface area (Å²) in [5.41, 5.74) is 7.93. The summed E-state index contributed by atoms with van der Waals surface area (Å²) >= 11 is 0. The van der Waals surface area contributed by atoms with Crippen LogP contribution in [0.2, 0.25) is 0 Å². The molecule has 64 valence electrons. The van der Waals surface area contributed by atoms with Crippen LogP contribution in [0, 0.1) is 0 Å². The Bertz CT molecular complexity index is 318. The third-order valence-electron chi connectivity index (χ3n) is 3.24. The van der Waals surface area contributed by atoms with Crippen LogP contribution >= 0.6 is 0 Å². The Kier molecular flexibility index (Phi) is 1.17. The van der Waals surface area contributed by atoms with E-state index in [-0.39, 0.29) is 0 Å². The summed E-state index contributed by atoms with van der Waals surface area (Å²) in [7, 11) is 0. The zero-order chi connectivity index (χ0) is 8.13. The Labute approximate surface area is 70.9 Å². The Morgan fingerprint density at radius 1 is 1.42 bits per heavy atom. The molecule has 2 atom stereocenters. The molecule has 2 N–H and O–H groups in total. The maximum Gasteiger partial charge on any atom is 0.143 e. The van der Waals surface area contributed by atoms with Gasteiger partial charge in [0.05, 0.1) is 0 Å². The zero-order valence-corrected chi connectivity index (χ0v) is 6.92. The largest absolute Gasteiger partial charge is 0.360 e. The second kappa shape index (κ2) is 2.10. The molecule has 0 saturated heterocycles. The van der Waals surface area contributed by atoms with Gasteiger partial charge in [-0.15, -0.1) is 0 Å². The SMILES string of the molecule is NCc1noc2c1C1CCC2C1. The van der Waals surface area contributed by atoms with E-state index in [1.54, 1.807) is 0 Å². The standard InChI is InChI=1S/C9H12N2O/c10-4-7-8-5-1-2-6(3-5)9(8)12-11-7/h5-6H,1-4,10H2. The summed E-state index contributed by atoms with van der Waals surface area (Å²) in [6.07, 6.45) is 3.88. The number of nitrogens with two attached hydrogens (primary N) is 1. The number of hydrogen-bond acceptors (Lipinski definition) is 3. The monoisotopic (exact) mass is 164 g/mol. The molecule has 2 aliphatic rings. The molecule has 1 aromatic rings. The third kappa shape index (κ3) is 0.630. The van der Waals surface area contributed by atoms with Crippen LogP contribution in [0.1, 0.15) is 48.1 Å². The third-order valence-corrected chi connectivity index (χ3v) is 3.24. The Morgan fingerprint density at radius 2 is 2.25 bits per heavy atom. The molecule has 0 radical (unpaired) electrons. The fraction of sp³-hybridized carbons (Fsp3) is 0.667. The lowest BCUT2D eigenvalue weighted by Gasteiger charge is -2.07. The number of hydrogen-bond donors (Lipinski definition) is 1. The molecule has 1 saturated carbocycles. The fourth-order valence-corrected chi connectivity index (χ4v) is 2.71. The minimum atomic E-state index is 0.530. The highest BCUT2D eigenvalue weighted by atomic mass is 16.5. The number of nitrogens with zero attached hydrogens (tertiary/aromatic N) is 1. The van der Waals surface area contributed by atoms with Crippen LogP contribution < -0.4 is 5.73 Å². The highest BCUT2D eigenvalue weighted by Gasteiger charge is 2.42. The van der Waals surface area contributed by atoms with Crippen molar-refractivity contribution < 1.29 is 4.52 Å². The van der Waals surface area contributed by atoms with Crippen molar-refractivity contribution in [3.63, 3.8) is 0 Å². The van der Waals surface area contributed by atoms with E-state index < -0.39 is 0 Å². The molecule has 0 aromatic carbocycles. The predicted molar refractivity (Wildman–Crippen MR) is 43.7 cm³/mol. The molecule has 3 heteroatoms. The second-order valence-electron chi connectivity index (χ2n) is 3.82. The quantitative estimate of drug-likeness (QED) is 0.684. The Morgan fingerprint density at radius 3 is 3.08 bits per heavy atom. The Balaban J connectivity index is 2.16. The number of aromatic nitrogens is 1. The van der Waals surface area contributed by atoms with Gasteiger partial charge in [-0.05, 0) is 25.2 Å². The number of fused-ring (bicyclic) bond motifs is 5. The summed E-state index contributed by atoms with van der Waals surface area (Å²) in [5.74, 6) is 2.53. The first-order valence-corrected chi connectivity index (χ1v) is 4.58. The first kappa shape index (κ1) is 6.66. The molecular formula is C9H12N2O. The molecule has 0 amide bonds. The first-order valence-electron chi connectivity index (χ1n) is 4.58. The summed E-state index contributed by atoms with van der Waals surface area (Å²) in [6.45, 7) is 0.530. The van der Waals surface area contributed by atoms with Crippen molar-refractivity contribution in [2.75, 3.05) is 0 Å². The van der Waals surface area contributed by atoms with E-state index >= 15 is 0 Å². The van der Waals surface area contributed by atoms with Gasteiger partial charge in [-0.3, -0.25) is 0 Å². The average molecular weight is 164 g/mol. The maximum absolute atomic E-state index is 5.58. The van der Waals surface area contributed by atoms with Crippen molar-refractivity contribution in [1.29, 1.82) is 0 Å². The van der Waals surface area contributed by atoms with Crippen molar-refractivity contribution >= 4 is 0 Å². The van der Waals surface area contributed by atoms with Crippen molar-refractivity contribution in [1.82, 2.24) is 5.16 Å². The van der Waals surface area contributed by atoms with E-state index in [1.165, 1.54) is 24.8 Å². The van der Waals surface area contributed by atoms with Gasteiger partial charge in [0.2, 0.25) is 0 Å². The van der Waals surface area contributed by atoms with Gasteiger partial charge in [-0.2, -0.15) is 0 Å². The zero-order valence-electron chi connectivity index (χ0n) is 6.92. The Hall–Kier alpha value is -0.830. The van der Waals surface area contributed by atoms with Crippen LogP contribution in [0.3, 0.4) is 0 Å². The van der Waals surface area contributed by atoms with E-state index in [0.717, 1.165) is 17.4 Å². The lowest BCUT2D eigenvalue weighted by atomic mass is 9.96. The van der Waals surface area contributed by atoms with E-state index in [0.29, 0.717) is 12.5 Å². The van der Waals surface area contributed by atoms with Crippen LogP contribution in [-0.4, -0.2) is 5.16 Å². The van der Waals surface area contributed by atoms with Gasteiger partial charge in [-0.25, -0.2) is 0 Å². The van der Waals surface area contributed by atoms with Gasteiger partial charge in [0, 0.05) is 18.0 Å². The van der Waals surface area contributed by atoms with Crippen LogP contribution in [0.25, 0.3) is 0 Å². The van der Waals surface area contributed by atoms with Gasteiger partial charge >= 0.3 is 0 Å². The van der Waals surface area contributed by atoms with Crippen molar-refractivity contribution in [2.45, 2.75) is 37.6 Å². The normalized spacial score (nSPS) is 31.1. The molecular weight excluding hydrogens is 152 g/mol. The van der Waals surface area contributed by atoms with Gasteiger partial charge in [0.25, 0.3) is 0 Å². The summed E-state index contributed by atoms with van der Waals surface area (Å²) in [4.78, 5) is 0. The van der Waals surface area contributed by atoms with Crippen LogP contribution in [0.5, 0.6) is 0 Å². The van der Waals surface area contributed by atoms with Crippen LogP contribution in [0.4, 0.5) is 0 Å². The van der Waals surface area contributed by atoms with Crippen molar-refractivity contribution in [2.24, 2.45) is 5.73 Å². The van der Waals surface area contributed by atoms with E-state index in [4.69, 9.17) is 10.3 Å². The fourth-order valence-electron chi connectivity index (χ4n) is 2.71. The predicted octanol–water partition coefficient (Wildman–Crippen LogP) is 1.50. The lowest BCUT2D eigenvalue weighted by molar-refractivity contribution is 0.358. The van der Waals surface area contributed by atoms with Gasteiger partial charge < -0.3 is 10.3 Å². The van der Waals surface area contributed by atoms with Crippen molar-refractivity contribution in [3.8, 4) is 0 Å². The van der Waals surface area contributed by atoms with Crippen molar-refractivity contribution in [3.05, 3.63) is 17.0 Å². The minimum Gasteiger partial charge on any atom is -0.360 e. The highest BCUT2D eigenvalue weighted by molar-refractivity contribution is 5.37. The first-order chi connectivity index (χ1) is 5.90. The molecule has 12 heavy (non-hydrogen) atoms. The van der Waals surface area contributed by atoms with E-state index in [1.807, 2.05) is 0 Å². The van der Waals surface area contributed by atoms with Gasteiger partial charge in [0.1, 0.15) is 11.5 Å². The molecule has 0 spiro atoms. The highest BCUT2D eigenvalue weighted by Crippen LogP contribution is 2.53.